The molecule has 0 saturated carbocycles. The van der Waals surface area contributed by atoms with Crippen molar-refractivity contribution in [2.24, 2.45) is 0 Å². The molecule has 0 unspecified atom stereocenters. The highest BCUT2D eigenvalue weighted by atomic mass is 32.1. The number of carboxylic acid groups (broad SMARTS) is 1. The molecule has 0 aliphatic rings. The number of benzene rings is 1. The van der Waals surface area contributed by atoms with Crippen molar-refractivity contribution in [1.82, 2.24) is 4.98 Å². The van der Waals surface area contributed by atoms with Crippen LogP contribution >= 0.6 is 11.3 Å². The standard InChI is InChI=1S/C14H13F2NO2S/c1-7(2)10-11(14(18)19)20-13(17-10)9-5-3-4-8(6-9)12(15)16/h3-7,12H,1-2H3,(H,18,19). The third-order valence-corrected chi connectivity index (χ3v) is 3.89. The fourth-order valence-electron chi connectivity index (χ4n) is 1.81. The van der Waals surface area contributed by atoms with Crippen LogP contribution in [0.5, 0.6) is 0 Å². The number of alkyl halides is 2. The first-order chi connectivity index (χ1) is 9.40. The summed E-state index contributed by atoms with van der Waals surface area (Å²) in [6, 6.07) is 5.86. The third-order valence-electron chi connectivity index (χ3n) is 2.78. The fraction of sp³-hybridized carbons (Fsp3) is 0.286. The lowest BCUT2D eigenvalue weighted by atomic mass is 10.1. The Morgan fingerprint density at radius 3 is 2.55 bits per heavy atom. The number of rotatable bonds is 4. The Morgan fingerprint density at radius 1 is 1.35 bits per heavy atom. The van der Waals surface area contributed by atoms with Gasteiger partial charge in [-0.2, -0.15) is 0 Å². The molecule has 1 N–H and O–H groups in total. The molecular formula is C14H13F2NO2S. The molecule has 0 amide bonds. The number of halogens is 2. The number of hydrogen-bond acceptors (Lipinski definition) is 3. The Labute approximate surface area is 118 Å². The predicted molar refractivity (Wildman–Crippen MR) is 73.6 cm³/mol. The topological polar surface area (TPSA) is 50.2 Å². The van der Waals surface area contributed by atoms with Gasteiger partial charge in [-0.15, -0.1) is 11.3 Å². The maximum absolute atomic E-state index is 12.7. The van der Waals surface area contributed by atoms with Crippen molar-refractivity contribution in [2.45, 2.75) is 26.2 Å². The van der Waals surface area contributed by atoms with Gasteiger partial charge in [0.05, 0.1) is 5.69 Å². The van der Waals surface area contributed by atoms with Crippen LogP contribution in [0.2, 0.25) is 0 Å². The lowest BCUT2D eigenvalue weighted by Crippen LogP contribution is -2.00. The van der Waals surface area contributed by atoms with Crippen molar-refractivity contribution >= 4 is 17.3 Å². The van der Waals surface area contributed by atoms with Crippen molar-refractivity contribution < 1.29 is 18.7 Å². The Morgan fingerprint density at radius 2 is 2.05 bits per heavy atom. The minimum Gasteiger partial charge on any atom is -0.477 e. The second kappa shape index (κ2) is 5.66. The summed E-state index contributed by atoms with van der Waals surface area (Å²) in [7, 11) is 0. The summed E-state index contributed by atoms with van der Waals surface area (Å²) in [6.45, 7) is 3.70. The molecule has 1 heterocycles. The van der Waals surface area contributed by atoms with Crippen LogP contribution in [0.25, 0.3) is 10.6 Å². The van der Waals surface area contributed by atoms with E-state index in [0.717, 1.165) is 11.3 Å². The summed E-state index contributed by atoms with van der Waals surface area (Å²) in [5, 5.41) is 9.62. The molecule has 0 aliphatic heterocycles. The van der Waals surface area contributed by atoms with Gasteiger partial charge in [0.1, 0.15) is 9.88 Å². The zero-order valence-corrected chi connectivity index (χ0v) is 11.7. The Hall–Kier alpha value is -1.82. The van der Waals surface area contributed by atoms with E-state index < -0.39 is 12.4 Å². The maximum Gasteiger partial charge on any atom is 0.347 e. The summed E-state index contributed by atoms with van der Waals surface area (Å²) in [6.07, 6.45) is -2.56. The van der Waals surface area contributed by atoms with E-state index in [9.17, 15) is 13.6 Å². The molecule has 2 rings (SSSR count). The Balaban J connectivity index is 2.50. The molecule has 3 nitrogen and oxygen atoms in total. The number of thiazole rings is 1. The third kappa shape index (κ3) is 2.85. The monoisotopic (exact) mass is 297 g/mol. The minimum absolute atomic E-state index is 0.0376. The number of nitrogens with zero attached hydrogens (tertiary/aromatic N) is 1. The zero-order chi connectivity index (χ0) is 14.9. The SMILES string of the molecule is CC(C)c1nc(-c2cccc(C(F)F)c2)sc1C(=O)O. The Bertz CT molecular complexity index is 638. The van der Waals surface area contributed by atoms with Gasteiger partial charge in [0, 0.05) is 11.1 Å². The first-order valence-corrected chi connectivity index (χ1v) is 6.84. The van der Waals surface area contributed by atoms with Crippen molar-refractivity contribution in [1.29, 1.82) is 0 Å². The summed E-state index contributed by atoms with van der Waals surface area (Å²) in [4.78, 5) is 15.7. The highest BCUT2D eigenvalue weighted by Crippen LogP contribution is 2.33. The van der Waals surface area contributed by atoms with Gasteiger partial charge in [-0.1, -0.05) is 32.0 Å². The molecule has 0 aliphatic carbocycles. The zero-order valence-electron chi connectivity index (χ0n) is 10.9. The molecule has 6 heteroatoms. The molecule has 2 aromatic rings. The van der Waals surface area contributed by atoms with Crippen LogP contribution in [-0.4, -0.2) is 16.1 Å². The molecule has 0 spiro atoms. The molecule has 0 bridgehead atoms. The highest BCUT2D eigenvalue weighted by Gasteiger charge is 2.20. The maximum atomic E-state index is 12.7. The van der Waals surface area contributed by atoms with Crippen LogP contribution in [0.4, 0.5) is 8.78 Å². The van der Waals surface area contributed by atoms with Gasteiger partial charge in [0.2, 0.25) is 0 Å². The highest BCUT2D eigenvalue weighted by molar-refractivity contribution is 7.17. The average Bonchev–Trinajstić information content (AvgIpc) is 2.84. The summed E-state index contributed by atoms with van der Waals surface area (Å²) < 4.78 is 25.4. The van der Waals surface area contributed by atoms with E-state index in [4.69, 9.17) is 5.11 Å². The van der Waals surface area contributed by atoms with Crippen LogP contribution in [0, 0.1) is 0 Å². The largest absolute Gasteiger partial charge is 0.477 e. The number of carboxylic acids is 1. The van der Waals surface area contributed by atoms with E-state index in [2.05, 4.69) is 4.98 Å². The van der Waals surface area contributed by atoms with Gasteiger partial charge in [0.15, 0.2) is 0 Å². The number of aromatic carboxylic acids is 1. The average molecular weight is 297 g/mol. The molecule has 0 saturated heterocycles. The van der Waals surface area contributed by atoms with Crippen LogP contribution < -0.4 is 0 Å². The van der Waals surface area contributed by atoms with Crippen LogP contribution in [0.15, 0.2) is 24.3 Å². The molecule has 0 radical (unpaired) electrons. The first-order valence-electron chi connectivity index (χ1n) is 6.02. The van der Waals surface area contributed by atoms with Gasteiger partial charge in [0.25, 0.3) is 6.43 Å². The second-order valence-electron chi connectivity index (χ2n) is 4.62. The summed E-state index contributed by atoms with van der Waals surface area (Å²) in [5.41, 5.74) is 0.905. The first kappa shape index (κ1) is 14.6. The lowest BCUT2D eigenvalue weighted by molar-refractivity contribution is 0.0700. The van der Waals surface area contributed by atoms with Crippen LogP contribution in [-0.2, 0) is 0 Å². The molecule has 0 atom stereocenters. The van der Waals surface area contributed by atoms with E-state index in [-0.39, 0.29) is 16.4 Å². The van der Waals surface area contributed by atoms with E-state index in [1.54, 1.807) is 6.07 Å². The van der Waals surface area contributed by atoms with Crippen LogP contribution in [0.3, 0.4) is 0 Å². The van der Waals surface area contributed by atoms with Crippen molar-refractivity contribution in [3.8, 4) is 10.6 Å². The Kier molecular flexibility index (Phi) is 4.13. The van der Waals surface area contributed by atoms with E-state index >= 15 is 0 Å². The molecule has 1 aromatic heterocycles. The van der Waals surface area contributed by atoms with Crippen LogP contribution in [0.1, 0.15) is 47.1 Å². The quantitative estimate of drug-likeness (QED) is 0.899. The normalized spacial score (nSPS) is 11.3. The summed E-state index contributed by atoms with van der Waals surface area (Å²) >= 11 is 1.01. The van der Waals surface area contributed by atoms with Gasteiger partial charge in [-0.25, -0.2) is 18.6 Å². The fourth-order valence-corrected chi connectivity index (χ4v) is 2.86. The molecule has 106 valence electrons. The predicted octanol–water partition coefficient (Wildman–Crippen LogP) is 4.57. The van der Waals surface area contributed by atoms with Gasteiger partial charge in [-0.05, 0) is 12.0 Å². The van der Waals surface area contributed by atoms with Crippen molar-refractivity contribution in [3.63, 3.8) is 0 Å². The second-order valence-corrected chi connectivity index (χ2v) is 5.62. The molecule has 1 aromatic carbocycles. The smallest absolute Gasteiger partial charge is 0.347 e. The van der Waals surface area contributed by atoms with Crippen molar-refractivity contribution in [3.05, 3.63) is 40.4 Å². The van der Waals surface area contributed by atoms with E-state index in [1.807, 2.05) is 13.8 Å². The molecule has 0 fully saturated rings. The summed E-state index contributed by atoms with van der Waals surface area (Å²) in [5.74, 6) is -1.08. The van der Waals surface area contributed by atoms with Gasteiger partial charge < -0.3 is 5.11 Å². The number of aromatic nitrogens is 1. The molecule has 20 heavy (non-hydrogen) atoms. The van der Waals surface area contributed by atoms with E-state index in [0.29, 0.717) is 16.3 Å². The van der Waals surface area contributed by atoms with Crippen molar-refractivity contribution in [2.75, 3.05) is 0 Å². The number of carbonyl (C=O) groups is 1. The number of hydrogen-bond donors (Lipinski definition) is 1. The molecular weight excluding hydrogens is 284 g/mol. The van der Waals surface area contributed by atoms with Gasteiger partial charge in [-0.3, -0.25) is 0 Å². The van der Waals surface area contributed by atoms with Gasteiger partial charge >= 0.3 is 5.97 Å². The lowest BCUT2D eigenvalue weighted by Gasteiger charge is -2.02. The minimum atomic E-state index is -2.56. The van der Waals surface area contributed by atoms with E-state index in [1.165, 1.54) is 18.2 Å².